The van der Waals surface area contributed by atoms with E-state index in [1.807, 2.05) is 23.5 Å². The fraction of sp³-hybridized carbons (Fsp3) is 0.310. The van der Waals surface area contributed by atoms with Crippen molar-refractivity contribution < 1.29 is 9.47 Å². The first-order valence-electron chi connectivity index (χ1n) is 12.2. The smallest absolute Gasteiger partial charge is 0.119 e. The highest BCUT2D eigenvalue weighted by Crippen LogP contribution is 2.40. The molecule has 0 amide bonds. The lowest BCUT2D eigenvalue weighted by Crippen LogP contribution is -2.25. The molecule has 5 rings (SSSR count). The van der Waals surface area contributed by atoms with Crippen molar-refractivity contribution in [3.05, 3.63) is 83.9 Å². The third-order valence-corrected chi connectivity index (χ3v) is 7.64. The standard InChI is InChI=1S/C29H32N2O2S/c30-15-19-32-25-13-9-23(10-14-25)29-27(26-5-1-2-6-28(26)34-29)21-22-7-11-24(12-8-22)33-20-18-31-16-3-4-17-31/h1-2,5-14H,3-4,15-21,30H2. The first-order chi connectivity index (χ1) is 16.8. The third kappa shape index (κ3) is 5.44. The van der Waals surface area contributed by atoms with E-state index in [2.05, 4.69) is 65.6 Å². The van der Waals surface area contributed by atoms with Crippen LogP contribution < -0.4 is 15.2 Å². The number of thiophene rings is 1. The Morgan fingerprint density at radius 2 is 1.47 bits per heavy atom. The predicted molar refractivity (Wildman–Crippen MR) is 142 cm³/mol. The van der Waals surface area contributed by atoms with Crippen LogP contribution in [0.3, 0.4) is 0 Å². The average Bonchev–Trinajstić information content (AvgIpc) is 3.53. The van der Waals surface area contributed by atoms with Gasteiger partial charge in [0.25, 0.3) is 0 Å². The molecule has 2 N–H and O–H groups in total. The summed E-state index contributed by atoms with van der Waals surface area (Å²) in [6, 6.07) is 25.7. The summed E-state index contributed by atoms with van der Waals surface area (Å²) >= 11 is 1.86. The highest BCUT2D eigenvalue weighted by molar-refractivity contribution is 7.22. The van der Waals surface area contributed by atoms with Crippen molar-refractivity contribution >= 4 is 21.4 Å². The SMILES string of the molecule is NCCOc1ccc(-c2sc3ccccc3c2Cc2ccc(OCCN3CCCC3)cc2)cc1. The van der Waals surface area contributed by atoms with Crippen LogP contribution in [-0.4, -0.2) is 44.3 Å². The normalized spacial score (nSPS) is 14.0. The Morgan fingerprint density at radius 1 is 0.794 bits per heavy atom. The van der Waals surface area contributed by atoms with Crippen LogP contribution >= 0.6 is 11.3 Å². The van der Waals surface area contributed by atoms with E-state index in [0.717, 1.165) is 31.1 Å². The van der Waals surface area contributed by atoms with Gasteiger partial charge in [-0.15, -0.1) is 11.3 Å². The number of nitrogens with two attached hydrogens (primary N) is 1. The molecule has 34 heavy (non-hydrogen) atoms. The quantitative estimate of drug-likeness (QED) is 0.309. The zero-order valence-electron chi connectivity index (χ0n) is 19.5. The zero-order chi connectivity index (χ0) is 23.2. The van der Waals surface area contributed by atoms with Gasteiger partial charge in [0.15, 0.2) is 0 Å². The fourth-order valence-corrected chi connectivity index (χ4v) is 5.82. The summed E-state index contributed by atoms with van der Waals surface area (Å²) in [6.07, 6.45) is 3.53. The van der Waals surface area contributed by atoms with Crippen LogP contribution in [0.4, 0.5) is 0 Å². The molecule has 0 radical (unpaired) electrons. The molecule has 4 aromatic rings. The minimum absolute atomic E-state index is 0.518. The number of rotatable bonds is 10. The van der Waals surface area contributed by atoms with E-state index < -0.39 is 0 Å². The number of fused-ring (bicyclic) bond motifs is 1. The molecule has 0 aliphatic carbocycles. The predicted octanol–water partition coefficient (Wildman–Crippen LogP) is 5.97. The molecule has 0 spiro atoms. The van der Waals surface area contributed by atoms with Crippen LogP contribution in [0, 0.1) is 0 Å². The van der Waals surface area contributed by atoms with Gasteiger partial charge in [0.05, 0.1) is 0 Å². The number of ether oxygens (including phenoxy) is 2. The highest BCUT2D eigenvalue weighted by atomic mass is 32.1. The Hall–Kier alpha value is -2.86. The van der Waals surface area contributed by atoms with Crippen LogP contribution in [0.15, 0.2) is 72.8 Å². The van der Waals surface area contributed by atoms with E-state index in [0.29, 0.717) is 13.2 Å². The van der Waals surface area contributed by atoms with E-state index in [-0.39, 0.29) is 0 Å². The van der Waals surface area contributed by atoms with Crippen molar-refractivity contribution in [3.63, 3.8) is 0 Å². The molecule has 0 saturated carbocycles. The third-order valence-electron chi connectivity index (χ3n) is 6.38. The topological polar surface area (TPSA) is 47.7 Å². The van der Waals surface area contributed by atoms with E-state index in [1.165, 1.54) is 57.6 Å². The van der Waals surface area contributed by atoms with Gasteiger partial charge >= 0.3 is 0 Å². The zero-order valence-corrected chi connectivity index (χ0v) is 20.4. The van der Waals surface area contributed by atoms with Crippen LogP contribution in [0.1, 0.15) is 24.0 Å². The van der Waals surface area contributed by atoms with Crippen molar-refractivity contribution in [2.75, 3.05) is 39.4 Å². The molecule has 3 aromatic carbocycles. The van der Waals surface area contributed by atoms with Crippen LogP contribution in [-0.2, 0) is 6.42 Å². The summed E-state index contributed by atoms with van der Waals surface area (Å²) in [5.74, 6) is 1.81. The molecule has 5 heteroatoms. The van der Waals surface area contributed by atoms with Gasteiger partial charge in [0.1, 0.15) is 24.7 Å². The summed E-state index contributed by atoms with van der Waals surface area (Å²) in [7, 11) is 0. The lowest BCUT2D eigenvalue weighted by atomic mass is 9.99. The molecule has 0 bridgehead atoms. The van der Waals surface area contributed by atoms with Crippen LogP contribution in [0.5, 0.6) is 11.5 Å². The molecule has 4 nitrogen and oxygen atoms in total. The molecule has 176 valence electrons. The first kappa shape index (κ1) is 22.9. The minimum atomic E-state index is 0.518. The van der Waals surface area contributed by atoms with E-state index in [1.54, 1.807) is 0 Å². The molecule has 1 fully saturated rings. The van der Waals surface area contributed by atoms with Crippen LogP contribution in [0.2, 0.25) is 0 Å². The Kier molecular flexibility index (Phi) is 7.44. The molecule has 0 unspecified atom stereocenters. The van der Waals surface area contributed by atoms with Crippen LogP contribution in [0.25, 0.3) is 20.5 Å². The Bertz CT molecular complexity index is 1200. The summed E-state index contributed by atoms with van der Waals surface area (Å²) in [4.78, 5) is 3.80. The largest absolute Gasteiger partial charge is 0.492 e. The van der Waals surface area contributed by atoms with Gasteiger partial charge in [-0.3, -0.25) is 4.90 Å². The number of benzene rings is 3. The van der Waals surface area contributed by atoms with Gasteiger partial charge in [0.2, 0.25) is 0 Å². The Labute approximate surface area is 205 Å². The molecule has 0 atom stereocenters. The summed E-state index contributed by atoms with van der Waals surface area (Å²) in [6.45, 7) is 5.24. The highest BCUT2D eigenvalue weighted by Gasteiger charge is 2.15. The van der Waals surface area contributed by atoms with Crippen molar-refractivity contribution in [3.8, 4) is 21.9 Å². The van der Waals surface area contributed by atoms with Gasteiger partial charge in [-0.2, -0.15) is 0 Å². The Morgan fingerprint density at radius 3 is 2.21 bits per heavy atom. The molecule has 2 heterocycles. The van der Waals surface area contributed by atoms with Gasteiger partial charge in [0, 0.05) is 22.7 Å². The number of likely N-dealkylation sites (tertiary alicyclic amines) is 1. The van der Waals surface area contributed by atoms with Gasteiger partial charge < -0.3 is 15.2 Å². The van der Waals surface area contributed by atoms with Crippen molar-refractivity contribution in [1.29, 1.82) is 0 Å². The minimum Gasteiger partial charge on any atom is -0.492 e. The van der Waals surface area contributed by atoms with E-state index in [4.69, 9.17) is 15.2 Å². The van der Waals surface area contributed by atoms with E-state index in [9.17, 15) is 0 Å². The number of nitrogens with zero attached hydrogens (tertiary/aromatic N) is 1. The number of hydrogen-bond donors (Lipinski definition) is 1. The monoisotopic (exact) mass is 472 g/mol. The molecule has 1 saturated heterocycles. The fourth-order valence-electron chi connectivity index (χ4n) is 4.59. The molecule has 1 aromatic heterocycles. The second-order valence-electron chi connectivity index (χ2n) is 8.79. The Balaban J connectivity index is 1.32. The average molecular weight is 473 g/mol. The lowest BCUT2D eigenvalue weighted by Gasteiger charge is -2.15. The first-order valence-corrected chi connectivity index (χ1v) is 13.0. The molecular formula is C29H32N2O2S. The van der Waals surface area contributed by atoms with Gasteiger partial charge in [-0.05, 0) is 96.9 Å². The summed E-state index contributed by atoms with van der Waals surface area (Å²) in [5.41, 5.74) is 9.45. The van der Waals surface area contributed by atoms with Gasteiger partial charge in [-0.1, -0.05) is 30.3 Å². The molecule has 1 aliphatic rings. The van der Waals surface area contributed by atoms with Crippen molar-refractivity contribution in [1.82, 2.24) is 4.90 Å². The number of hydrogen-bond acceptors (Lipinski definition) is 5. The van der Waals surface area contributed by atoms with E-state index >= 15 is 0 Å². The van der Waals surface area contributed by atoms with Gasteiger partial charge in [-0.25, -0.2) is 0 Å². The lowest BCUT2D eigenvalue weighted by molar-refractivity contribution is 0.238. The maximum absolute atomic E-state index is 6.00. The molecular weight excluding hydrogens is 440 g/mol. The molecule has 1 aliphatic heterocycles. The van der Waals surface area contributed by atoms with Crippen molar-refractivity contribution in [2.45, 2.75) is 19.3 Å². The second kappa shape index (κ2) is 11.0. The summed E-state index contributed by atoms with van der Waals surface area (Å²) < 4.78 is 13.0. The van der Waals surface area contributed by atoms with Crippen molar-refractivity contribution in [2.24, 2.45) is 5.73 Å². The maximum Gasteiger partial charge on any atom is 0.119 e. The second-order valence-corrected chi connectivity index (χ2v) is 9.84. The maximum atomic E-state index is 6.00. The summed E-state index contributed by atoms with van der Waals surface area (Å²) in [5, 5.41) is 1.33.